The number of rotatable bonds is 5. The molecule has 172 valence electrons. The van der Waals surface area contributed by atoms with Crippen LogP contribution < -0.4 is 0 Å². The number of aromatic amines is 1. The van der Waals surface area contributed by atoms with Gasteiger partial charge in [0, 0.05) is 47.0 Å². The average molecular weight is 469 g/mol. The summed E-state index contributed by atoms with van der Waals surface area (Å²) < 4.78 is 25.8. The number of nitrogens with one attached hydrogen (secondary N) is 1. The first kappa shape index (κ1) is 22.1. The molecule has 1 amide bonds. The zero-order valence-electron chi connectivity index (χ0n) is 18.2. The molecule has 5 rings (SSSR count). The van der Waals surface area contributed by atoms with Gasteiger partial charge in [0.25, 0.3) is 0 Å². The molecule has 1 aromatic carbocycles. The number of aromatic nitrogens is 3. The van der Waals surface area contributed by atoms with Gasteiger partial charge in [-0.25, -0.2) is 9.37 Å². The molecule has 2 aromatic heterocycles. The third-order valence-corrected chi connectivity index (χ3v) is 7.29. The van der Waals surface area contributed by atoms with E-state index in [2.05, 4.69) is 16.9 Å². The van der Waals surface area contributed by atoms with Crippen molar-refractivity contribution in [1.82, 2.24) is 19.9 Å². The molecule has 2 saturated heterocycles. The SMILES string of the molecule is CC1(C2CSCCN2C=O)COC(c2nc(-c3ccc(F)cc3)c(-c3ccncc3)[nH]2)OC1. The molecule has 2 aliphatic heterocycles. The lowest BCUT2D eigenvalue weighted by atomic mass is 9.83. The number of thioether (sulfide) groups is 1. The molecule has 0 radical (unpaired) electrons. The zero-order valence-corrected chi connectivity index (χ0v) is 19.1. The van der Waals surface area contributed by atoms with Gasteiger partial charge < -0.3 is 19.4 Å². The van der Waals surface area contributed by atoms with Crippen LogP contribution in [0, 0.1) is 11.2 Å². The van der Waals surface area contributed by atoms with Crippen molar-refractivity contribution in [1.29, 1.82) is 0 Å². The molecular formula is C24H25FN4O3S. The highest BCUT2D eigenvalue weighted by Crippen LogP contribution is 2.39. The second-order valence-corrected chi connectivity index (χ2v) is 9.78. The standard InChI is InChI=1S/C24H25FN4O3S/c1-24(19-12-33-11-10-29(19)15-30)13-31-23(32-14-24)22-27-20(16-2-4-18(25)5-3-16)21(28-22)17-6-8-26-9-7-17/h2-9,15,19,23H,10-14H2,1H3,(H,27,28). The van der Waals surface area contributed by atoms with E-state index < -0.39 is 6.29 Å². The van der Waals surface area contributed by atoms with E-state index in [1.807, 2.05) is 28.8 Å². The Kier molecular flexibility index (Phi) is 6.18. The maximum Gasteiger partial charge on any atom is 0.217 e. The van der Waals surface area contributed by atoms with E-state index >= 15 is 0 Å². The number of benzene rings is 1. The zero-order chi connectivity index (χ0) is 22.8. The molecule has 4 heterocycles. The van der Waals surface area contributed by atoms with Gasteiger partial charge in [-0.05, 0) is 36.4 Å². The van der Waals surface area contributed by atoms with Gasteiger partial charge in [0.2, 0.25) is 12.7 Å². The predicted octanol–water partition coefficient (Wildman–Crippen LogP) is 3.90. The molecule has 1 N–H and O–H groups in total. The van der Waals surface area contributed by atoms with Crippen molar-refractivity contribution in [3.05, 3.63) is 60.4 Å². The van der Waals surface area contributed by atoms with Gasteiger partial charge in [-0.15, -0.1) is 0 Å². The van der Waals surface area contributed by atoms with Crippen LogP contribution in [0.5, 0.6) is 0 Å². The third kappa shape index (κ3) is 4.40. The Bertz CT molecular complexity index is 1100. The van der Waals surface area contributed by atoms with Crippen LogP contribution in [-0.4, -0.2) is 63.6 Å². The number of H-pyrrole nitrogens is 1. The number of amides is 1. The highest BCUT2D eigenvalue weighted by Gasteiger charge is 2.44. The van der Waals surface area contributed by atoms with Gasteiger partial charge in [0.15, 0.2) is 5.82 Å². The highest BCUT2D eigenvalue weighted by molar-refractivity contribution is 7.99. The van der Waals surface area contributed by atoms with Crippen molar-refractivity contribution in [2.24, 2.45) is 5.41 Å². The first-order chi connectivity index (χ1) is 16.1. The number of hydrogen-bond acceptors (Lipinski definition) is 6. The number of halogens is 1. The normalized spacial score (nSPS) is 25.7. The van der Waals surface area contributed by atoms with Crippen LogP contribution in [0.4, 0.5) is 4.39 Å². The van der Waals surface area contributed by atoms with Gasteiger partial charge in [-0.2, -0.15) is 11.8 Å². The number of nitrogens with zero attached hydrogens (tertiary/aromatic N) is 3. The topological polar surface area (TPSA) is 80.3 Å². The van der Waals surface area contributed by atoms with Crippen LogP contribution in [0.3, 0.4) is 0 Å². The Labute approximate surface area is 195 Å². The van der Waals surface area contributed by atoms with Crippen molar-refractivity contribution in [2.45, 2.75) is 19.3 Å². The number of ether oxygens (including phenoxy) is 2. The molecule has 3 aromatic rings. The van der Waals surface area contributed by atoms with E-state index in [1.54, 1.807) is 24.5 Å². The molecule has 2 aliphatic rings. The van der Waals surface area contributed by atoms with Gasteiger partial charge in [-0.3, -0.25) is 9.78 Å². The molecule has 9 heteroatoms. The Morgan fingerprint density at radius 1 is 1.15 bits per heavy atom. The summed E-state index contributed by atoms with van der Waals surface area (Å²) in [5.74, 6) is 2.07. The summed E-state index contributed by atoms with van der Waals surface area (Å²) in [6.07, 6.45) is 3.70. The van der Waals surface area contributed by atoms with Crippen LogP contribution >= 0.6 is 11.8 Å². The van der Waals surface area contributed by atoms with Crippen LogP contribution in [0.25, 0.3) is 22.5 Å². The van der Waals surface area contributed by atoms with E-state index in [0.29, 0.717) is 24.7 Å². The van der Waals surface area contributed by atoms with E-state index in [9.17, 15) is 9.18 Å². The maximum atomic E-state index is 13.5. The van der Waals surface area contributed by atoms with Crippen molar-refractivity contribution in [2.75, 3.05) is 31.3 Å². The van der Waals surface area contributed by atoms with Crippen LogP contribution in [0.15, 0.2) is 48.8 Å². The summed E-state index contributed by atoms with van der Waals surface area (Å²) in [5.41, 5.74) is 2.87. The Morgan fingerprint density at radius 2 is 1.88 bits per heavy atom. The largest absolute Gasteiger partial charge is 0.345 e. The first-order valence-corrected chi connectivity index (χ1v) is 12.0. The monoisotopic (exact) mass is 468 g/mol. The summed E-state index contributed by atoms with van der Waals surface area (Å²) in [5, 5.41) is 0. The van der Waals surface area contributed by atoms with E-state index in [-0.39, 0.29) is 17.3 Å². The molecule has 0 spiro atoms. The number of carbonyl (C=O) groups is 1. The minimum atomic E-state index is -0.659. The summed E-state index contributed by atoms with van der Waals surface area (Å²) in [6, 6.07) is 10.1. The Balaban J connectivity index is 1.41. The Morgan fingerprint density at radius 3 is 2.58 bits per heavy atom. The van der Waals surface area contributed by atoms with E-state index in [0.717, 1.165) is 41.3 Å². The van der Waals surface area contributed by atoms with Crippen LogP contribution in [0.2, 0.25) is 0 Å². The minimum Gasteiger partial charge on any atom is -0.345 e. The smallest absolute Gasteiger partial charge is 0.217 e. The second kappa shape index (κ2) is 9.24. The predicted molar refractivity (Wildman–Crippen MR) is 124 cm³/mol. The first-order valence-electron chi connectivity index (χ1n) is 10.9. The molecule has 0 aliphatic carbocycles. The fourth-order valence-corrected chi connectivity index (χ4v) is 5.69. The molecule has 7 nitrogen and oxygen atoms in total. The molecule has 0 bridgehead atoms. The van der Waals surface area contributed by atoms with Gasteiger partial charge in [0.05, 0.1) is 30.6 Å². The van der Waals surface area contributed by atoms with Crippen molar-refractivity contribution in [3.63, 3.8) is 0 Å². The highest BCUT2D eigenvalue weighted by atomic mass is 32.2. The Hall–Kier alpha value is -2.75. The summed E-state index contributed by atoms with van der Waals surface area (Å²) in [6.45, 7) is 3.74. The van der Waals surface area contributed by atoms with E-state index in [4.69, 9.17) is 14.5 Å². The molecule has 1 unspecified atom stereocenters. The van der Waals surface area contributed by atoms with Gasteiger partial charge in [0.1, 0.15) is 5.82 Å². The van der Waals surface area contributed by atoms with Crippen molar-refractivity contribution in [3.8, 4) is 22.5 Å². The second-order valence-electron chi connectivity index (χ2n) is 8.63. The quantitative estimate of drug-likeness (QED) is 0.572. The van der Waals surface area contributed by atoms with Crippen LogP contribution in [0.1, 0.15) is 19.0 Å². The molecule has 33 heavy (non-hydrogen) atoms. The molecular weight excluding hydrogens is 443 g/mol. The lowest BCUT2D eigenvalue weighted by Crippen LogP contribution is -2.56. The minimum absolute atomic E-state index is 0.0634. The van der Waals surface area contributed by atoms with Crippen molar-refractivity contribution >= 4 is 18.2 Å². The number of imidazole rings is 1. The molecule has 0 saturated carbocycles. The van der Waals surface area contributed by atoms with Crippen molar-refractivity contribution < 1.29 is 18.7 Å². The number of hydrogen-bond donors (Lipinski definition) is 1. The fraction of sp³-hybridized carbons (Fsp3) is 0.375. The lowest BCUT2D eigenvalue weighted by molar-refractivity contribution is -0.243. The van der Waals surface area contributed by atoms with Gasteiger partial charge in [-0.1, -0.05) is 6.92 Å². The van der Waals surface area contributed by atoms with Crippen LogP contribution in [-0.2, 0) is 14.3 Å². The average Bonchev–Trinajstić information content (AvgIpc) is 3.31. The molecule has 1 atom stereocenters. The third-order valence-electron chi connectivity index (χ3n) is 6.27. The van der Waals surface area contributed by atoms with Gasteiger partial charge >= 0.3 is 0 Å². The number of carbonyl (C=O) groups excluding carboxylic acids is 1. The fourth-order valence-electron chi connectivity index (χ4n) is 4.36. The summed E-state index contributed by atoms with van der Waals surface area (Å²) in [4.78, 5) is 25.7. The molecule has 2 fully saturated rings. The lowest BCUT2D eigenvalue weighted by Gasteiger charge is -2.47. The summed E-state index contributed by atoms with van der Waals surface area (Å²) in [7, 11) is 0. The van der Waals surface area contributed by atoms with E-state index in [1.165, 1.54) is 12.1 Å². The maximum absolute atomic E-state index is 13.5. The number of pyridine rings is 1. The summed E-state index contributed by atoms with van der Waals surface area (Å²) >= 11 is 1.85.